The lowest BCUT2D eigenvalue weighted by Gasteiger charge is -2.32. The molecule has 0 radical (unpaired) electrons. The molecule has 0 bridgehead atoms. The summed E-state index contributed by atoms with van der Waals surface area (Å²) in [5, 5.41) is 2.92. The molecule has 1 aromatic heterocycles. The second-order valence-corrected chi connectivity index (χ2v) is 4.67. The molecule has 1 N–H and O–H groups in total. The van der Waals surface area contributed by atoms with E-state index in [0.29, 0.717) is 24.5 Å². The summed E-state index contributed by atoms with van der Waals surface area (Å²) >= 11 is 0. The molecule has 0 atom stereocenters. The number of nitrogens with one attached hydrogen (secondary N) is 1. The van der Waals surface area contributed by atoms with Crippen molar-refractivity contribution in [1.82, 2.24) is 14.8 Å². The van der Waals surface area contributed by atoms with Gasteiger partial charge in [-0.25, -0.2) is 4.98 Å². The summed E-state index contributed by atoms with van der Waals surface area (Å²) < 4.78 is 0. The van der Waals surface area contributed by atoms with E-state index in [9.17, 15) is 9.59 Å². The third-order valence-corrected chi connectivity index (χ3v) is 3.20. The van der Waals surface area contributed by atoms with E-state index in [1.54, 1.807) is 36.0 Å². The predicted octanol–water partition coefficient (Wildman–Crippen LogP) is 0.346. The third-order valence-electron chi connectivity index (χ3n) is 3.20. The normalized spacial score (nSPS) is 15.6. The predicted molar refractivity (Wildman–Crippen MR) is 72.1 cm³/mol. The van der Waals surface area contributed by atoms with E-state index in [-0.39, 0.29) is 18.4 Å². The molecular weight excluding hydrogens is 244 g/mol. The molecule has 1 saturated heterocycles. The number of pyridine rings is 1. The standard InChI is InChI=1S/C13H18N4O2/c1-9-6-10(7-11(14-2)15-9)13(19)17-5-4-16(3)12(18)8-17/h6-7H,4-5,8H2,1-3H3,(H,14,15). The van der Waals surface area contributed by atoms with Crippen LogP contribution in [-0.2, 0) is 4.79 Å². The molecule has 2 heterocycles. The van der Waals surface area contributed by atoms with Crippen LogP contribution in [0.1, 0.15) is 16.1 Å². The number of amides is 2. The van der Waals surface area contributed by atoms with Gasteiger partial charge in [-0.05, 0) is 19.1 Å². The number of anilines is 1. The van der Waals surface area contributed by atoms with Gasteiger partial charge < -0.3 is 15.1 Å². The lowest BCUT2D eigenvalue weighted by atomic mass is 10.2. The fourth-order valence-corrected chi connectivity index (χ4v) is 2.03. The summed E-state index contributed by atoms with van der Waals surface area (Å²) in [5.74, 6) is 0.506. The van der Waals surface area contributed by atoms with Gasteiger partial charge in [0.05, 0.1) is 0 Å². The minimum atomic E-state index is -0.122. The van der Waals surface area contributed by atoms with Crippen molar-refractivity contribution in [3.8, 4) is 0 Å². The van der Waals surface area contributed by atoms with Crippen LogP contribution in [0, 0.1) is 6.92 Å². The van der Waals surface area contributed by atoms with Crippen LogP contribution < -0.4 is 5.32 Å². The first kappa shape index (κ1) is 13.3. The molecule has 1 aliphatic heterocycles. The van der Waals surface area contributed by atoms with Crippen LogP contribution in [0.25, 0.3) is 0 Å². The van der Waals surface area contributed by atoms with Crippen molar-refractivity contribution in [3.63, 3.8) is 0 Å². The second kappa shape index (κ2) is 5.26. The maximum absolute atomic E-state index is 12.4. The average Bonchev–Trinajstić information content (AvgIpc) is 2.40. The van der Waals surface area contributed by atoms with Gasteiger partial charge in [0.2, 0.25) is 5.91 Å². The van der Waals surface area contributed by atoms with Gasteiger partial charge in [0.1, 0.15) is 12.4 Å². The van der Waals surface area contributed by atoms with Crippen LogP contribution >= 0.6 is 0 Å². The Morgan fingerprint density at radius 2 is 2.11 bits per heavy atom. The van der Waals surface area contributed by atoms with Gasteiger partial charge in [0, 0.05) is 38.4 Å². The van der Waals surface area contributed by atoms with Crippen molar-refractivity contribution in [2.75, 3.05) is 39.0 Å². The Balaban J connectivity index is 2.20. The molecule has 2 rings (SSSR count). The molecule has 0 aromatic carbocycles. The minimum absolute atomic E-state index is 0.0285. The van der Waals surface area contributed by atoms with E-state index in [4.69, 9.17) is 0 Å². The Hall–Kier alpha value is -2.11. The summed E-state index contributed by atoms with van der Waals surface area (Å²) in [7, 11) is 3.51. The van der Waals surface area contributed by atoms with Gasteiger partial charge in [-0.15, -0.1) is 0 Å². The molecule has 6 nitrogen and oxygen atoms in total. The van der Waals surface area contributed by atoms with E-state index in [1.165, 1.54) is 0 Å². The summed E-state index contributed by atoms with van der Waals surface area (Å²) in [6.07, 6.45) is 0. The monoisotopic (exact) mass is 262 g/mol. The van der Waals surface area contributed by atoms with Crippen molar-refractivity contribution >= 4 is 17.6 Å². The smallest absolute Gasteiger partial charge is 0.254 e. The van der Waals surface area contributed by atoms with Gasteiger partial charge in [0.15, 0.2) is 0 Å². The number of carbonyl (C=O) groups excluding carboxylic acids is 2. The highest BCUT2D eigenvalue weighted by Gasteiger charge is 2.25. The molecule has 1 fully saturated rings. The topological polar surface area (TPSA) is 65.5 Å². The molecule has 0 unspecified atom stereocenters. The minimum Gasteiger partial charge on any atom is -0.373 e. The van der Waals surface area contributed by atoms with Crippen molar-refractivity contribution < 1.29 is 9.59 Å². The quantitative estimate of drug-likeness (QED) is 0.835. The lowest BCUT2D eigenvalue weighted by molar-refractivity contribution is -0.133. The fraction of sp³-hybridized carbons (Fsp3) is 0.462. The average molecular weight is 262 g/mol. The number of likely N-dealkylation sites (N-methyl/N-ethyl adjacent to an activating group) is 1. The highest BCUT2D eigenvalue weighted by atomic mass is 16.2. The summed E-state index contributed by atoms with van der Waals surface area (Å²) in [6.45, 7) is 3.13. The summed E-state index contributed by atoms with van der Waals surface area (Å²) in [6, 6.07) is 3.45. The maximum Gasteiger partial charge on any atom is 0.254 e. The van der Waals surface area contributed by atoms with Crippen molar-refractivity contribution in [1.29, 1.82) is 0 Å². The lowest BCUT2D eigenvalue weighted by Crippen LogP contribution is -2.50. The van der Waals surface area contributed by atoms with Crippen molar-refractivity contribution in [3.05, 3.63) is 23.4 Å². The number of nitrogens with zero attached hydrogens (tertiary/aromatic N) is 3. The zero-order chi connectivity index (χ0) is 14.0. The number of piperazine rings is 1. The van der Waals surface area contributed by atoms with Crippen LogP contribution in [0.15, 0.2) is 12.1 Å². The number of hydrogen-bond acceptors (Lipinski definition) is 4. The van der Waals surface area contributed by atoms with E-state index in [1.807, 2.05) is 6.92 Å². The Morgan fingerprint density at radius 1 is 1.37 bits per heavy atom. The first-order valence-electron chi connectivity index (χ1n) is 6.21. The summed E-state index contributed by atoms with van der Waals surface area (Å²) in [5.41, 5.74) is 1.34. The Kier molecular flexibility index (Phi) is 3.69. The van der Waals surface area contributed by atoms with Crippen LogP contribution in [-0.4, -0.2) is 60.3 Å². The molecule has 1 aromatic rings. The first-order chi connectivity index (χ1) is 9.01. The van der Waals surface area contributed by atoms with E-state index in [0.717, 1.165) is 5.69 Å². The summed E-state index contributed by atoms with van der Waals surface area (Å²) in [4.78, 5) is 31.5. The first-order valence-corrected chi connectivity index (χ1v) is 6.21. The van der Waals surface area contributed by atoms with Gasteiger partial charge in [-0.2, -0.15) is 0 Å². The number of aromatic nitrogens is 1. The van der Waals surface area contributed by atoms with Crippen LogP contribution in [0.3, 0.4) is 0 Å². The molecule has 6 heteroatoms. The third kappa shape index (κ3) is 2.83. The SMILES string of the molecule is CNc1cc(C(=O)N2CCN(C)C(=O)C2)cc(C)n1. The molecule has 0 aliphatic carbocycles. The molecular formula is C13H18N4O2. The van der Waals surface area contributed by atoms with Gasteiger partial charge >= 0.3 is 0 Å². The molecule has 0 spiro atoms. The second-order valence-electron chi connectivity index (χ2n) is 4.67. The van der Waals surface area contributed by atoms with Gasteiger partial charge in [-0.3, -0.25) is 9.59 Å². The molecule has 0 saturated carbocycles. The molecule has 1 aliphatic rings. The zero-order valence-corrected chi connectivity index (χ0v) is 11.4. The van der Waals surface area contributed by atoms with Gasteiger partial charge in [-0.1, -0.05) is 0 Å². The van der Waals surface area contributed by atoms with Gasteiger partial charge in [0.25, 0.3) is 5.91 Å². The highest BCUT2D eigenvalue weighted by molar-refractivity contribution is 5.97. The number of aryl methyl sites for hydroxylation is 1. The van der Waals surface area contributed by atoms with Crippen molar-refractivity contribution in [2.24, 2.45) is 0 Å². The van der Waals surface area contributed by atoms with Crippen LogP contribution in [0.5, 0.6) is 0 Å². The van der Waals surface area contributed by atoms with Crippen LogP contribution in [0.2, 0.25) is 0 Å². The Bertz CT molecular complexity index is 515. The number of carbonyl (C=O) groups is 2. The highest BCUT2D eigenvalue weighted by Crippen LogP contribution is 2.13. The zero-order valence-electron chi connectivity index (χ0n) is 11.4. The largest absolute Gasteiger partial charge is 0.373 e. The fourth-order valence-electron chi connectivity index (χ4n) is 2.03. The van der Waals surface area contributed by atoms with Crippen molar-refractivity contribution in [2.45, 2.75) is 6.92 Å². The molecule has 19 heavy (non-hydrogen) atoms. The Morgan fingerprint density at radius 3 is 2.74 bits per heavy atom. The Labute approximate surface area is 112 Å². The molecule has 2 amide bonds. The van der Waals surface area contributed by atoms with Crippen LogP contribution in [0.4, 0.5) is 5.82 Å². The van der Waals surface area contributed by atoms with E-state index in [2.05, 4.69) is 10.3 Å². The number of rotatable bonds is 2. The maximum atomic E-state index is 12.4. The number of hydrogen-bond donors (Lipinski definition) is 1. The van der Waals surface area contributed by atoms with E-state index < -0.39 is 0 Å². The molecule has 102 valence electrons. The van der Waals surface area contributed by atoms with E-state index >= 15 is 0 Å².